The summed E-state index contributed by atoms with van der Waals surface area (Å²) in [6.07, 6.45) is 0. The Morgan fingerprint density at radius 1 is 0.377 bits per heavy atom. The molecule has 5 heteroatoms. The molecule has 0 unspecified atom stereocenters. The lowest BCUT2D eigenvalue weighted by Crippen LogP contribution is -1.98. The van der Waals surface area contributed by atoms with Gasteiger partial charge in [-0.1, -0.05) is 109 Å². The molecule has 0 spiro atoms. The van der Waals surface area contributed by atoms with Gasteiger partial charge in [-0.05, 0) is 105 Å². The van der Waals surface area contributed by atoms with Crippen LogP contribution in [0.2, 0.25) is 0 Å². The number of para-hydroxylation sites is 1. The van der Waals surface area contributed by atoms with Crippen LogP contribution in [0.1, 0.15) is 0 Å². The van der Waals surface area contributed by atoms with Gasteiger partial charge >= 0.3 is 0 Å². The molecule has 5 aromatic heterocycles. The Bertz CT molecular complexity index is 4340. The van der Waals surface area contributed by atoms with Crippen molar-refractivity contribution in [3.05, 3.63) is 182 Å². The van der Waals surface area contributed by atoms with Gasteiger partial charge in [0.1, 0.15) is 0 Å². The Balaban J connectivity index is 0.967. The summed E-state index contributed by atoms with van der Waals surface area (Å²) in [6.45, 7) is 0. The molecule has 0 bridgehead atoms. The third-order valence-corrected chi connectivity index (χ3v) is 14.5. The topological polar surface area (TPSA) is 35.1 Å². The number of aromatic nitrogens is 4. The summed E-state index contributed by atoms with van der Waals surface area (Å²) in [5, 5.41) is 16.2. The van der Waals surface area contributed by atoms with Gasteiger partial charge in [0.15, 0.2) is 5.82 Å². The first kappa shape index (κ1) is 32.0. The van der Waals surface area contributed by atoms with Crippen LogP contribution >= 0.6 is 11.3 Å². The molecule has 0 saturated carbocycles. The number of hydrogen-bond acceptors (Lipinski definition) is 3. The summed E-state index contributed by atoms with van der Waals surface area (Å²) in [5.74, 6) is 0.712. The van der Waals surface area contributed by atoms with Crippen molar-refractivity contribution in [3.8, 4) is 28.3 Å². The summed E-state index contributed by atoms with van der Waals surface area (Å²) in [6, 6.07) is 66.7. The van der Waals surface area contributed by atoms with Crippen molar-refractivity contribution in [1.82, 2.24) is 18.9 Å². The van der Waals surface area contributed by atoms with E-state index in [0.717, 1.165) is 38.8 Å². The molecule has 15 aromatic rings. The SMILES string of the molecule is c1ccc2c(c1)ccc1ccc(-c3nc(-c4ccc(-n5c6ccc7sc8cccc9c8c7c6c6c5ccc5c7ccccc7n9c56)cc4)nc4ccc5ccccc5c34)cc12. The second-order valence-electron chi connectivity index (χ2n) is 16.5. The van der Waals surface area contributed by atoms with E-state index in [1.807, 2.05) is 11.3 Å². The molecule has 61 heavy (non-hydrogen) atoms. The molecular weight excluding hydrogens is 761 g/mol. The average molecular weight is 791 g/mol. The molecule has 0 aliphatic rings. The molecule has 0 aliphatic carbocycles. The van der Waals surface area contributed by atoms with Gasteiger partial charge in [-0.15, -0.1) is 11.3 Å². The number of rotatable bonds is 3. The van der Waals surface area contributed by atoms with E-state index in [9.17, 15) is 0 Å². The quantitative estimate of drug-likeness (QED) is 0.167. The fraction of sp³-hybridized carbons (Fsp3) is 0. The summed E-state index contributed by atoms with van der Waals surface area (Å²) < 4.78 is 7.65. The minimum Gasteiger partial charge on any atom is -0.309 e. The van der Waals surface area contributed by atoms with E-state index in [1.54, 1.807) is 0 Å². The molecule has 0 atom stereocenters. The predicted molar refractivity (Wildman–Crippen MR) is 258 cm³/mol. The van der Waals surface area contributed by atoms with E-state index in [-0.39, 0.29) is 0 Å². The normalized spacial score (nSPS) is 12.6. The monoisotopic (exact) mass is 790 g/mol. The lowest BCUT2D eigenvalue weighted by atomic mass is 9.96. The van der Waals surface area contributed by atoms with E-state index in [0.29, 0.717) is 5.82 Å². The highest BCUT2D eigenvalue weighted by Crippen LogP contribution is 2.50. The summed E-state index contributed by atoms with van der Waals surface area (Å²) in [4.78, 5) is 10.8. The third kappa shape index (κ3) is 4.13. The standard InChI is InChI=1S/C56H30N4S/c1-3-10-37-31(8-1)16-17-33-18-19-35(30-41(33)37)54-49-38-11-4-2-9-32(38)22-26-42(49)57-56(58-54)34-20-23-36(24-21-34)59-45-28-29-48-53-50-44(14-7-15-47(50)61-48)60-43-13-6-5-12-39(43)40-25-27-46(59)52(51(45)53)55(40)60/h1-30H. The van der Waals surface area contributed by atoms with Crippen LogP contribution in [-0.2, 0) is 0 Å². The molecule has 0 saturated heterocycles. The first-order chi connectivity index (χ1) is 30.2. The maximum atomic E-state index is 5.47. The highest BCUT2D eigenvalue weighted by atomic mass is 32.1. The smallest absolute Gasteiger partial charge is 0.160 e. The van der Waals surface area contributed by atoms with Gasteiger partial charge in [0.25, 0.3) is 0 Å². The van der Waals surface area contributed by atoms with E-state index in [4.69, 9.17) is 9.97 Å². The molecule has 280 valence electrons. The number of thiophene rings is 1. The predicted octanol–water partition coefficient (Wildman–Crippen LogP) is 15.3. The number of benzene rings is 10. The molecule has 0 N–H and O–H groups in total. The Morgan fingerprint density at radius 3 is 1.93 bits per heavy atom. The van der Waals surface area contributed by atoms with Gasteiger partial charge < -0.3 is 8.97 Å². The van der Waals surface area contributed by atoms with Crippen molar-refractivity contribution in [2.24, 2.45) is 0 Å². The van der Waals surface area contributed by atoms with Gasteiger partial charge in [-0.25, -0.2) is 9.97 Å². The number of nitrogens with zero attached hydrogens (tertiary/aromatic N) is 4. The molecule has 5 heterocycles. The summed E-state index contributed by atoms with van der Waals surface area (Å²) in [5.41, 5.74) is 11.3. The molecule has 0 fully saturated rings. The highest BCUT2D eigenvalue weighted by Gasteiger charge is 2.26. The third-order valence-electron chi connectivity index (χ3n) is 13.4. The molecule has 0 aliphatic heterocycles. The zero-order valence-corrected chi connectivity index (χ0v) is 33.3. The lowest BCUT2D eigenvalue weighted by Gasteiger charge is -2.14. The molecule has 15 rings (SSSR count). The Labute approximate surface area is 351 Å². The Hall–Kier alpha value is -7.86. The molecule has 4 nitrogen and oxygen atoms in total. The number of fused-ring (bicyclic) bond motifs is 10. The number of hydrogen-bond donors (Lipinski definition) is 0. The van der Waals surface area contributed by atoms with Crippen LogP contribution in [0, 0.1) is 0 Å². The van der Waals surface area contributed by atoms with E-state index in [1.165, 1.54) is 96.2 Å². The van der Waals surface area contributed by atoms with Crippen LogP contribution in [0.4, 0.5) is 0 Å². The first-order valence-electron chi connectivity index (χ1n) is 20.8. The minimum atomic E-state index is 0.712. The van der Waals surface area contributed by atoms with Crippen molar-refractivity contribution in [3.63, 3.8) is 0 Å². The van der Waals surface area contributed by atoms with Crippen LogP contribution < -0.4 is 0 Å². The average Bonchev–Trinajstić information content (AvgIpc) is 3.95. The van der Waals surface area contributed by atoms with Crippen LogP contribution in [-0.4, -0.2) is 18.9 Å². The highest BCUT2D eigenvalue weighted by molar-refractivity contribution is 7.26. The van der Waals surface area contributed by atoms with Crippen molar-refractivity contribution in [1.29, 1.82) is 0 Å². The molecular formula is C56H30N4S. The van der Waals surface area contributed by atoms with Crippen LogP contribution in [0.15, 0.2) is 182 Å². The van der Waals surface area contributed by atoms with Gasteiger partial charge in [0.05, 0.1) is 38.8 Å². The Kier molecular flexibility index (Phi) is 6.01. The first-order valence-corrected chi connectivity index (χ1v) is 21.6. The molecule has 0 amide bonds. The maximum Gasteiger partial charge on any atom is 0.160 e. The molecule has 10 aromatic carbocycles. The van der Waals surface area contributed by atoms with Crippen molar-refractivity contribution in [2.45, 2.75) is 0 Å². The van der Waals surface area contributed by atoms with E-state index >= 15 is 0 Å². The van der Waals surface area contributed by atoms with Gasteiger partial charge in [0.2, 0.25) is 0 Å². The summed E-state index contributed by atoms with van der Waals surface area (Å²) >= 11 is 1.90. The van der Waals surface area contributed by atoms with E-state index in [2.05, 4.69) is 191 Å². The Morgan fingerprint density at radius 2 is 1.05 bits per heavy atom. The fourth-order valence-corrected chi connectivity index (χ4v) is 11.9. The summed E-state index contributed by atoms with van der Waals surface area (Å²) in [7, 11) is 0. The van der Waals surface area contributed by atoms with Crippen molar-refractivity contribution in [2.75, 3.05) is 0 Å². The van der Waals surface area contributed by atoms with Gasteiger partial charge in [-0.2, -0.15) is 0 Å². The largest absolute Gasteiger partial charge is 0.309 e. The maximum absolute atomic E-state index is 5.47. The van der Waals surface area contributed by atoms with Crippen LogP contribution in [0.5, 0.6) is 0 Å². The van der Waals surface area contributed by atoms with Gasteiger partial charge in [0, 0.05) is 63.9 Å². The lowest BCUT2D eigenvalue weighted by molar-refractivity contribution is 1.17. The zero-order chi connectivity index (χ0) is 39.5. The van der Waals surface area contributed by atoms with Crippen LogP contribution in [0.3, 0.4) is 0 Å². The zero-order valence-electron chi connectivity index (χ0n) is 32.5. The van der Waals surface area contributed by atoms with Gasteiger partial charge in [-0.3, -0.25) is 0 Å². The van der Waals surface area contributed by atoms with Crippen molar-refractivity contribution >= 4 is 124 Å². The van der Waals surface area contributed by atoms with Crippen molar-refractivity contribution < 1.29 is 0 Å². The fourth-order valence-electron chi connectivity index (χ4n) is 10.8. The second-order valence-corrected chi connectivity index (χ2v) is 17.6. The van der Waals surface area contributed by atoms with E-state index < -0.39 is 0 Å². The molecule has 0 radical (unpaired) electrons. The minimum absolute atomic E-state index is 0.712. The van der Waals surface area contributed by atoms with Crippen LogP contribution in [0.25, 0.3) is 141 Å². The second kappa shape index (κ2) is 11.4.